The van der Waals surface area contributed by atoms with E-state index in [1.165, 1.54) is 11.3 Å². The van der Waals surface area contributed by atoms with Gasteiger partial charge in [0.25, 0.3) is 0 Å². The van der Waals surface area contributed by atoms with Crippen LogP contribution in [0, 0.1) is 5.82 Å². The number of benzene rings is 2. The Balaban J connectivity index is 2.14. The first kappa shape index (κ1) is 16.0. The van der Waals surface area contributed by atoms with Crippen LogP contribution in [0.5, 0.6) is 0 Å². The molecular weight excluding hydrogens is 287 g/mol. The Morgan fingerprint density at radius 2 is 1.78 bits per heavy atom. The fourth-order valence-corrected chi connectivity index (χ4v) is 3.52. The number of para-hydroxylation sites is 1. The zero-order chi connectivity index (χ0) is 16.4. The van der Waals surface area contributed by atoms with Gasteiger partial charge in [0.05, 0.1) is 0 Å². The molecule has 2 aromatic carbocycles. The second-order valence-electron chi connectivity index (χ2n) is 6.24. The van der Waals surface area contributed by atoms with Gasteiger partial charge in [0.2, 0.25) is 0 Å². The van der Waals surface area contributed by atoms with Crippen molar-refractivity contribution in [2.45, 2.75) is 45.9 Å². The Kier molecular flexibility index (Phi) is 4.67. The van der Waals surface area contributed by atoms with Crippen LogP contribution in [0.4, 0.5) is 10.1 Å². The molecule has 0 bridgehead atoms. The number of halogens is 1. The molecule has 1 aliphatic heterocycles. The summed E-state index contributed by atoms with van der Waals surface area (Å²) in [6.45, 7) is 8.28. The minimum absolute atomic E-state index is 0.0500. The summed E-state index contributed by atoms with van der Waals surface area (Å²) in [7, 11) is 0. The van der Waals surface area contributed by atoms with Gasteiger partial charge in [0.1, 0.15) is 12.0 Å². The van der Waals surface area contributed by atoms with E-state index in [-0.39, 0.29) is 12.0 Å². The number of nitrogens with zero attached hydrogens (tertiary/aromatic N) is 2. The molecule has 2 nitrogen and oxygen atoms in total. The third-order valence-corrected chi connectivity index (χ3v) is 4.94. The van der Waals surface area contributed by atoms with Gasteiger partial charge in [-0.2, -0.15) is 0 Å². The summed E-state index contributed by atoms with van der Waals surface area (Å²) in [5, 5.41) is 0. The predicted octanol–water partition coefficient (Wildman–Crippen LogP) is 4.96. The second kappa shape index (κ2) is 6.71. The molecular formula is C20H25FN2. The number of hydrogen-bond donors (Lipinski definition) is 0. The fraction of sp³-hybridized carbons (Fsp3) is 0.400. The number of fused-ring (bicyclic) bond motifs is 1. The van der Waals surface area contributed by atoms with Crippen molar-refractivity contribution in [1.82, 2.24) is 4.90 Å². The van der Waals surface area contributed by atoms with Crippen LogP contribution in [-0.4, -0.2) is 17.5 Å². The van der Waals surface area contributed by atoms with Crippen molar-refractivity contribution < 1.29 is 4.39 Å². The van der Waals surface area contributed by atoms with Crippen molar-refractivity contribution in [2.75, 3.05) is 11.4 Å². The van der Waals surface area contributed by atoms with E-state index in [0.717, 1.165) is 25.1 Å². The summed E-state index contributed by atoms with van der Waals surface area (Å²) in [6, 6.07) is 16.1. The number of anilines is 1. The van der Waals surface area contributed by atoms with Crippen LogP contribution in [0.2, 0.25) is 0 Å². The van der Waals surface area contributed by atoms with Crippen molar-refractivity contribution in [1.29, 1.82) is 0 Å². The highest BCUT2D eigenvalue weighted by molar-refractivity contribution is 5.57. The molecule has 2 atom stereocenters. The van der Waals surface area contributed by atoms with Gasteiger partial charge in [-0.3, -0.25) is 4.90 Å². The number of hydrogen-bond acceptors (Lipinski definition) is 2. The van der Waals surface area contributed by atoms with Crippen LogP contribution in [0.25, 0.3) is 0 Å². The Labute approximate surface area is 138 Å². The highest BCUT2D eigenvalue weighted by atomic mass is 19.1. The normalized spacial score (nSPS) is 19.5. The summed E-state index contributed by atoms with van der Waals surface area (Å²) in [4.78, 5) is 4.74. The van der Waals surface area contributed by atoms with E-state index in [0.29, 0.717) is 6.04 Å². The highest BCUT2D eigenvalue weighted by Gasteiger charge is 2.35. The molecule has 3 heteroatoms. The van der Waals surface area contributed by atoms with Gasteiger partial charge in [-0.25, -0.2) is 4.39 Å². The van der Waals surface area contributed by atoms with Gasteiger partial charge in [-0.15, -0.1) is 0 Å². The molecule has 0 N–H and O–H groups in total. The maximum atomic E-state index is 14.5. The second-order valence-corrected chi connectivity index (χ2v) is 6.24. The molecule has 0 spiro atoms. The molecule has 0 radical (unpaired) electrons. The highest BCUT2D eigenvalue weighted by Crippen LogP contribution is 2.40. The largest absolute Gasteiger partial charge is 0.352 e. The summed E-state index contributed by atoms with van der Waals surface area (Å²) in [5.74, 6) is -0.122. The third-order valence-electron chi connectivity index (χ3n) is 4.94. The molecule has 0 unspecified atom stereocenters. The Bertz CT molecular complexity index is 670. The molecule has 3 rings (SSSR count). The summed E-state index contributed by atoms with van der Waals surface area (Å²) in [6.07, 6.45) is 0.996. The lowest BCUT2D eigenvalue weighted by atomic mass is 9.99. The number of rotatable bonds is 4. The molecule has 1 aliphatic rings. The smallest absolute Gasteiger partial charge is 0.129 e. The lowest BCUT2D eigenvalue weighted by Crippen LogP contribution is -2.49. The topological polar surface area (TPSA) is 6.48 Å². The maximum Gasteiger partial charge on any atom is 0.129 e. The van der Waals surface area contributed by atoms with Gasteiger partial charge in [0.15, 0.2) is 0 Å². The van der Waals surface area contributed by atoms with E-state index in [4.69, 9.17) is 0 Å². The van der Waals surface area contributed by atoms with E-state index < -0.39 is 0 Å². The predicted molar refractivity (Wildman–Crippen MR) is 93.9 cm³/mol. The minimum atomic E-state index is -0.122. The van der Waals surface area contributed by atoms with E-state index in [1.54, 1.807) is 12.1 Å². The first-order valence-corrected chi connectivity index (χ1v) is 8.52. The standard InChI is InChI=1S/C20H25FN2/c1-4-15(3)23-14-16-10-6-9-13-19(16)22(5-2)20(23)17-11-7-8-12-18(17)21/h6-13,15,20H,4-5,14H2,1-3H3/t15-,20+/m0/s1. The molecule has 0 aliphatic carbocycles. The van der Waals surface area contributed by atoms with Crippen LogP contribution < -0.4 is 4.90 Å². The molecule has 122 valence electrons. The van der Waals surface area contributed by atoms with Crippen LogP contribution in [0.15, 0.2) is 48.5 Å². The van der Waals surface area contributed by atoms with Crippen molar-refractivity contribution in [3.63, 3.8) is 0 Å². The van der Waals surface area contributed by atoms with Crippen LogP contribution in [0.1, 0.15) is 44.5 Å². The molecule has 2 aromatic rings. The molecule has 0 saturated carbocycles. The SMILES string of the molecule is CC[C@H](C)N1Cc2ccccc2N(CC)[C@H]1c1ccccc1F. The van der Waals surface area contributed by atoms with Gasteiger partial charge >= 0.3 is 0 Å². The van der Waals surface area contributed by atoms with Gasteiger partial charge in [0, 0.05) is 30.4 Å². The van der Waals surface area contributed by atoms with E-state index in [2.05, 4.69) is 54.8 Å². The lowest BCUT2D eigenvalue weighted by Gasteiger charge is -2.48. The zero-order valence-corrected chi connectivity index (χ0v) is 14.2. The molecule has 23 heavy (non-hydrogen) atoms. The molecule has 0 saturated heterocycles. The summed E-state index contributed by atoms with van der Waals surface area (Å²) >= 11 is 0. The molecule has 0 aromatic heterocycles. The van der Waals surface area contributed by atoms with Gasteiger partial charge in [-0.1, -0.05) is 43.3 Å². The summed E-state index contributed by atoms with van der Waals surface area (Å²) in [5.41, 5.74) is 3.31. The van der Waals surface area contributed by atoms with Crippen LogP contribution in [0.3, 0.4) is 0 Å². The maximum absolute atomic E-state index is 14.5. The Morgan fingerprint density at radius 3 is 2.48 bits per heavy atom. The van der Waals surface area contributed by atoms with Crippen molar-refractivity contribution in [2.24, 2.45) is 0 Å². The van der Waals surface area contributed by atoms with E-state index in [1.807, 2.05) is 12.1 Å². The van der Waals surface area contributed by atoms with Crippen molar-refractivity contribution in [3.05, 3.63) is 65.5 Å². The monoisotopic (exact) mass is 312 g/mol. The molecule has 1 heterocycles. The Morgan fingerprint density at radius 1 is 1.09 bits per heavy atom. The van der Waals surface area contributed by atoms with E-state index >= 15 is 0 Å². The van der Waals surface area contributed by atoms with Crippen molar-refractivity contribution in [3.8, 4) is 0 Å². The van der Waals surface area contributed by atoms with Crippen molar-refractivity contribution >= 4 is 5.69 Å². The average Bonchev–Trinajstić information content (AvgIpc) is 2.60. The van der Waals surface area contributed by atoms with E-state index in [9.17, 15) is 4.39 Å². The zero-order valence-electron chi connectivity index (χ0n) is 14.2. The quantitative estimate of drug-likeness (QED) is 0.787. The van der Waals surface area contributed by atoms with Gasteiger partial charge in [-0.05, 0) is 38.0 Å². The average molecular weight is 312 g/mol. The molecule has 0 fully saturated rings. The van der Waals surface area contributed by atoms with Gasteiger partial charge < -0.3 is 4.90 Å². The first-order chi connectivity index (χ1) is 11.2. The lowest BCUT2D eigenvalue weighted by molar-refractivity contribution is 0.114. The Hall–Kier alpha value is -1.87. The van der Waals surface area contributed by atoms with Crippen LogP contribution >= 0.6 is 0 Å². The first-order valence-electron chi connectivity index (χ1n) is 8.52. The third kappa shape index (κ3) is 2.86. The van der Waals surface area contributed by atoms with Crippen LogP contribution in [-0.2, 0) is 6.54 Å². The minimum Gasteiger partial charge on any atom is -0.352 e. The fourth-order valence-electron chi connectivity index (χ4n) is 3.52. The molecule has 0 amide bonds. The summed E-state index contributed by atoms with van der Waals surface area (Å²) < 4.78 is 14.5.